The van der Waals surface area contributed by atoms with Crippen LogP contribution in [0.3, 0.4) is 0 Å². The number of carbonyl (C=O) groups excluding carboxylic acids is 1. The molecule has 0 bridgehead atoms. The van der Waals surface area contributed by atoms with E-state index in [1.165, 1.54) is 0 Å². The first-order valence-electron chi connectivity index (χ1n) is 4.88. The van der Waals surface area contributed by atoms with Gasteiger partial charge in [0.2, 0.25) is 0 Å². The fraction of sp³-hybridized carbons (Fsp3) is 0.778. The van der Waals surface area contributed by atoms with Crippen LogP contribution >= 0.6 is 0 Å². The molecule has 0 spiro atoms. The topological polar surface area (TPSA) is 81.7 Å². The summed E-state index contributed by atoms with van der Waals surface area (Å²) in [7, 11) is 3.43. The van der Waals surface area contributed by atoms with E-state index in [0.717, 1.165) is 0 Å². The van der Waals surface area contributed by atoms with Gasteiger partial charge in [-0.15, -0.1) is 0 Å². The number of carbonyl (C=O) groups is 2. The second-order valence-corrected chi connectivity index (χ2v) is 3.67. The van der Waals surface area contributed by atoms with Gasteiger partial charge < -0.3 is 10.4 Å². The van der Waals surface area contributed by atoms with Gasteiger partial charge in [0.25, 0.3) is 0 Å². The lowest BCUT2D eigenvalue weighted by Crippen LogP contribution is -2.46. The van der Waals surface area contributed by atoms with Crippen LogP contribution in [0.15, 0.2) is 0 Å². The monoisotopic (exact) mass is 217 g/mol. The van der Waals surface area contributed by atoms with Crippen molar-refractivity contribution in [1.82, 2.24) is 15.8 Å². The minimum atomic E-state index is -0.806. The van der Waals surface area contributed by atoms with E-state index >= 15 is 0 Å². The summed E-state index contributed by atoms with van der Waals surface area (Å²) in [4.78, 5) is 21.4. The summed E-state index contributed by atoms with van der Waals surface area (Å²) in [6.45, 7) is 1.84. The molecule has 0 radical (unpaired) electrons. The molecule has 0 aromatic heterocycles. The molecular weight excluding hydrogens is 198 g/mol. The number of hydrazine groups is 1. The van der Waals surface area contributed by atoms with Crippen LogP contribution in [0.25, 0.3) is 0 Å². The Morgan fingerprint density at radius 1 is 1.40 bits per heavy atom. The van der Waals surface area contributed by atoms with E-state index < -0.39 is 5.97 Å². The van der Waals surface area contributed by atoms with Crippen molar-refractivity contribution >= 4 is 12.0 Å². The normalized spacial score (nSPS) is 12.3. The number of nitrogens with zero attached hydrogens (tertiary/aromatic N) is 1. The summed E-state index contributed by atoms with van der Waals surface area (Å²) in [6, 6.07) is -0.299. The Morgan fingerprint density at radius 3 is 2.47 bits per heavy atom. The summed E-state index contributed by atoms with van der Waals surface area (Å²) in [6.07, 6.45) is 1.37. The van der Waals surface area contributed by atoms with Gasteiger partial charge in [0.05, 0.1) is 0 Å². The zero-order valence-corrected chi connectivity index (χ0v) is 9.41. The molecule has 3 N–H and O–H groups in total. The second-order valence-electron chi connectivity index (χ2n) is 3.67. The Labute approximate surface area is 89.6 Å². The molecule has 15 heavy (non-hydrogen) atoms. The van der Waals surface area contributed by atoms with E-state index in [1.807, 2.05) is 6.92 Å². The number of aliphatic carboxylic acids is 1. The number of hydrogen-bond acceptors (Lipinski definition) is 3. The highest BCUT2D eigenvalue weighted by atomic mass is 16.4. The minimum absolute atomic E-state index is 0.0238. The molecule has 0 rings (SSSR count). The largest absolute Gasteiger partial charge is 0.481 e. The predicted octanol–water partition coefficient (Wildman–Crippen LogP) is 0.406. The SMILES string of the molecule is CC(CCCC(=O)O)NC(=O)NN(C)C. The third-order valence-electron chi connectivity index (χ3n) is 1.73. The van der Waals surface area contributed by atoms with Gasteiger partial charge in [0.1, 0.15) is 0 Å². The second kappa shape index (κ2) is 7.05. The van der Waals surface area contributed by atoms with Crippen molar-refractivity contribution in [2.24, 2.45) is 0 Å². The number of rotatable bonds is 6. The number of hydrogen-bond donors (Lipinski definition) is 3. The van der Waals surface area contributed by atoms with E-state index in [4.69, 9.17) is 5.11 Å². The molecule has 0 saturated carbocycles. The van der Waals surface area contributed by atoms with Gasteiger partial charge in [-0.25, -0.2) is 9.80 Å². The van der Waals surface area contributed by atoms with Gasteiger partial charge in [-0.2, -0.15) is 0 Å². The van der Waals surface area contributed by atoms with Gasteiger partial charge in [0, 0.05) is 26.6 Å². The molecule has 0 aromatic carbocycles. The van der Waals surface area contributed by atoms with Crippen LogP contribution < -0.4 is 10.7 Å². The molecule has 6 heteroatoms. The lowest BCUT2D eigenvalue weighted by molar-refractivity contribution is -0.137. The lowest BCUT2D eigenvalue weighted by atomic mass is 10.1. The quantitative estimate of drug-likeness (QED) is 0.563. The highest BCUT2D eigenvalue weighted by molar-refractivity contribution is 5.73. The highest BCUT2D eigenvalue weighted by Gasteiger charge is 2.07. The van der Waals surface area contributed by atoms with Gasteiger partial charge in [-0.05, 0) is 19.8 Å². The van der Waals surface area contributed by atoms with Gasteiger partial charge in [0.15, 0.2) is 0 Å². The number of carboxylic acids is 1. The number of nitrogens with one attached hydrogen (secondary N) is 2. The first kappa shape index (κ1) is 13.7. The average molecular weight is 217 g/mol. The average Bonchev–Trinajstić information content (AvgIpc) is 2.00. The Hall–Kier alpha value is -1.30. The van der Waals surface area contributed by atoms with Crippen molar-refractivity contribution in [3.05, 3.63) is 0 Å². The van der Waals surface area contributed by atoms with E-state index in [2.05, 4.69) is 10.7 Å². The smallest absolute Gasteiger partial charge is 0.329 e. The molecule has 0 aliphatic rings. The molecule has 0 saturated heterocycles. The molecule has 0 fully saturated rings. The Kier molecular flexibility index (Phi) is 6.44. The van der Waals surface area contributed by atoms with Gasteiger partial charge in [-0.1, -0.05) is 0 Å². The van der Waals surface area contributed by atoms with E-state index in [-0.39, 0.29) is 18.5 Å². The summed E-state index contributed by atoms with van der Waals surface area (Å²) in [5, 5.41) is 12.7. The van der Waals surface area contributed by atoms with Crippen LogP contribution in [0.5, 0.6) is 0 Å². The Morgan fingerprint density at radius 2 is 2.00 bits per heavy atom. The maximum atomic E-state index is 11.2. The van der Waals surface area contributed by atoms with Crippen LogP contribution in [0.4, 0.5) is 4.79 Å². The van der Waals surface area contributed by atoms with E-state index in [1.54, 1.807) is 19.1 Å². The molecular formula is C9H19N3O3. The Balaban J connectivity index is 3.59. The molecule has 0 aliphatic heterocycles. The zero-order valence-electron chi connectivity index (χ0n) is 9.41. The zero-order chi connectivity index (χ0) is 11.8. The molecule has 1 atom stereocenters. The van der Waals surface area contributed by atoms with E-state index in [0.29, 0.717) is 12.8 Å². The minimum Gasteiger partial charge on any atom is -0.481 e. The molecule has 88 valence electrons. The molecule has 0 aliphatic carbocycles. The van der Waals surface area contributed by atoms with Crippen molar-refractivity contribution in [3.8, 4) is 0 Å². The fourth-order valence-electron chi connectivity index (χ4n) is 1.09. The van der Waals surface area contributed by atoms with Crippen LogP contribution in [0, 0.1) is 0 Å². The molecule has 2 amide bonds. The lowest BCUT2D eigenvalue weighted by Gasteiger charge is -2.17. The van der Waals surface area contributed by atoms with Crippen molar-refractivity contribution in [2.45, 2.75) is 32.2 Å². The third kappa shape index (κ3) is 9.01. The van der Waals surface area contributed by atoms with Gasteiger partial charge >= 0.3 is 12.0 Å². The van der Waals surface area contributed by atoms with Crippen molar-refractivity contribution in [3.63, 3.8) is 0 Å². The van der Waals surface area contributed by atoms with Crippen molar-refractivity contribution in [2.75, 3.05) is 14.1 Å². The van der Waals surface area contributed by atoms with Crippen molar-refractivity contribution < 1.29 is 14.7 Å². The highest BCUT2D eigenvalue weighted by Crippen LogP contribution is 2.00. The third-order valence-corrected chi connectivity index (χ3v) is 1.73. The molecule has 1 unspecified atom stereocenters. The number of amides is 2. The van der Waals surface area contributed by atoms with E-state index in [9.17, 15) is 9.59 Å². The first-order valence-corrected chi connectivity index (χ1v) is 4.88. The maximum absolute atomic E-state index is 11.2. The molecule has 0 aromatic rings. The summed E-state index contributed by atoms with van der Waals surface area (Å²) >= 11 is 0. The van der Waals surface area contributed by atoms with Gasteiger partial charge in [-0.3, -0.25) is 10.2 Å². The Bertz CT molecular complexity index is 219. The fourth-order valence-corrected chi connectivity index (χ4v) is 1.09. The summed E-state index contributed by atoms with van der Waals surface area (Å²) < 4.78 is 0. The molecule has 0 heterocycles. The number of urea groups is 1. The van der Waals surface area contributed by atoms with Crippen LogP contribution in [-0.2, 0) is 4.79 Å². The molecule has 6 nitrogen and oxygen atoms in total. The van der Waals surface area contributed by atoms with Crippen LogP contribution in [-0.4, -0.2) is 42.3 Å². The summed E-state index contributed by atoms with van der Waals surface area (Å²) in [5.74, 6) is -0.806. The predicted molar refractivity (Wildman–Crippen MR) is 56.3 cm³/mol. The van der Waals surface area contributed by atoms with Crippen LogP contribution in [0.2, 0.25) is 0 Å². The van der Waals surface area contributed by atoms with Crippen LogP contribution in [0.1, 0.15) is 26.2 Å². The van der Waals surface area contributed by atoms with Crippen molar-refractivity contribution in [1.29, 1.82) is 0 Å². The first-order chi connectivity index (χ1) is 6.91. The standard InChI is InChI=1S/C9H19N3O3/c1-7(5-4-6-8(13)14)10-9(15)11-12(2)3/h7H,4-6H2,1-3H3,(H,13,14)(H2,10,11,15). The number of carboxylic acid groups (broad SMARTS) is 1. The summed E-state index contributed by atoms with van der Waals surface area (Å²) in [5.41, 5.74) is 2.54. The maximum Gasteiger partial charge on any atom is 0.329 e.